The van der Waals surface area contributed by atoms with Crippen LogP contribution in [0.3, 0.4) is 0 Å². The van der Waals surface area contributed by atoms with Crippen LogP contribution in [0.15, 0.2) is 18.3 Å². The van der Waals surface area contributed by atoms with Gasteiger partial charge in [-0.3, -0.25) is 0 Å². The van der Waals surface area contributed by atoms with Crippen LogP contribution in [0.25, 0.3) is 0 Å². The van der Waals surface area contributed by atoms with E-state index in [4.69, 9.17) is 23.7 Å². The van der Waals surface area contributed by atoms with Crippen molar-refractivity contribution in [3.05, 3.63) is 18.3 Å². The van der Waals surface area contributed by atoms with Crippen LogP contribution in [0.5, 0.6) is 11.6 Å². The summed E-state index contributed by atoms with van der Waals surface area (Å²) in [6, 6.07) is 4.30. The highest BCUT2D eigenvalue weighted by molar-refractivity contribution is 5.23. The van der Waals surface area contributed by atoms with E-state index in [1.54, 1.807) is 6.20 Å². The highest BCUT2D eigenvalue weighted by atomic mass is 16.5. The Morgan fingerprint density at radius 3 is 2.05 bits per heavy atom. The van der Waals surface area contributed by atoms with Crippen molar-refractivity contribution < 1.29 is 23.7 Å². The largest absolute Gasteiger partial charge is 0.491 e. The predicted octanol–water partition coefficient (Wildman–Crippen LogP) is 6.17. The summed E-state index contributed by atoms with van der Waals surface area (Å²) in [6.07, 6.45) is 7.57. The Morgan fingerprint density at radius 1 is 0.786 bits per heavy atom. The number of hydrogen-bond acceptors (Lipinski definition) is 8. The maximum Gasteiger partial charge on any atom is 0.213 e. The van der Waals surface area contributed by atoms with E-state index in [-0.39, 0.29) is 28.0 Å². The van der Waals surface area contributed by atoms with Crippen molar-refractivity contribution in [2.24, 2.45) is 10.8 Å². The van der Waals surface area contributed by atoms with Gasteiger partial charge in [0, 0.05) is 29.7 Å². The summed E-state index contributed by atoms with van der Waals surface area (Å²) >= 11 is 0. The highest BCUT2D eigenvalue weighted by Gasteiger charge is 2.37. The molecule has 1 aromatic rings. The number of nitrogens with one attached hydrogen (secondary N) is 2. The summed E-state index contributed by atoms with van der Waals surface area (Å²) in [5, 5.41) is 7.31. The van der Waals surface area contributed by atoms with Crippen molar-refractivity contribution in [2.75, 3.05) is 39.6 Å². The summed E-state index contributed by atoms with van der Waals surface area (Å²) in [5.74, 6) is 1.45. The topological polar surface area (TPSA) is 83.1 Å². The zero-order valence-corrected chi connectivity index (χ0v) is 28.3. The summed E-state index contributed by atoms with van der Waals surface area (Å²) in [7, 11) is 0. The van der Waals surface area contributed by atoms with Gasteiger partial charge in [0.25, 0.3) is 0 Å². The fourth-order valence-electron chi connectivity index (χ4n) is 5.69. The van der Waals surface area contributed by atoms with E-state index in [1.807, 2.05) is 12.1 Å². The van der Waals surface area contributed by atoms with Crippen molar-refractivity contribution in [3.8, 4) is 11.6 Å². The number of rotatable bonds is 18. The molecule has 3 rings (SSSR count). The Hall–Kier alpha value is -1.45. The van der Waals surface area contributed by atoms with Gasteiger partial charge in [0.2, 0.25) is 5.88 Å². The molecule has 2 saturated carbocycles. The predicted molar refractivity (Wildman–Crippen MR) is 170 cm³/mol. The molecule has 2 fully saturated rings. The summed E-state index contributed by atoms with van der Waals surface area (Å²) in [4.78, 5) is 4.43. The molecule has 1 heterocycles. The maximum absolute atomic E-state index is 6.09. The second-order valence-corrected chi connectivity index (χ2v) is 16.1. The van der Waals surface area contributed by atoms with Crippen LogP contribution >= 0.6 is 0 Å². The molecule has 0 unspecified atom stereocenters. The lowest BCUT2D eigenvalue weighted by Crippen LogP contribution is -2.55. The van der Waals surface area contributed by atoms with E-state index < -0.39 is 0 Å². The monoisotopic (exact) mass is 591 g/mol. The molecule has 0 radical (unpaired) electrons. The molecule has 0 atom stereocenters. The van der Waals surface area contributed by atoms with E-state index in [0.29, 0.717) is 44.0 Å². The molecule has 2 aliphatic carbocycles. The number of hydrogen-bond donors (Lipinski definition) is 2. The molecule has 0 amide bonds. The minimum absolute atomic E-state index is 0.00658. The van der Waals surface area contributed by atoms with Crippen molar-refractivity contribution in [1.82, 2.24) is 15.6 Å². The SMILES string of the molecule is CC(C)(C)COc1ccc(OC2CC(NC(C)(C)CC(C)(C)COCCOC3CC(OCCNC(C)(C)C)C3)C2)nc1. The van der Waals surface area contributed by atoms with Gasteiger partial charge in [0.1, 0.15) is 11.9 Å². The zero-order valence-electron chi connectivity index (χ0n) is 28.3. The first kappa shape index (κ1) is 35.0. The van der Waals surface area contributed by atoms with Gasteiger partial charge in [0.05, 0.1) is 51.4 Å². The smallest absolute Gasteiger partial charge is 0.213 e. The Bertz CT molecular complexity index is 911. The molecule has 0 aromatic carbocycles. The molecule has 42 heavy (non-hydrogen) atoms. The van der Waals surface area contributed by atoms with Crippen LogP contribution in [0, 0.1) is 10.8 Å². The molecule has 0 aliphatic heterocycles. The maximum atomic E-state index is 6.09. The summed E-state index contributed by atoms with van der Waals surface area (Å²) in [5.41, 5.74) is 0.328. The number of aromatic nitrogens is 1. The molecule has 2 aliphatic rings. The molecule has 8 nitrogen and oxygen atoms in total. The van der Waals surface area contributed by atoms with Gasteiger partial charge in [-0.25, -0.2) is 4.98 Å². The molecule has 0 bridgehead atoms. The molecule has 0 saturated heterocycles. The van der Waals surface area contributed by atoms with Gasteiger partial charge in [-0.2, -0.15) is 0 Å². The number of ether oxygens (including phenoxy) is 5. The lowest BCUT2D eigenvalue weighted by Gasteiger charge is -2.43. The van der Waals surface area contributed by atoms with E-state index >= 15 is 0 Å². The minimum atomic E-state index is 0.00658. The molecule has 0 spiro atoms. The van der Waals surface area contributed by atoms with E-state index in [1.165, 1.54) is 0 Å². The van der Waals surface area contributed by atoms with Gasteiger partial charge in [0.15, 0.2) is 0 Å². The van der Waals surface area contributed by atoms with E-state index in [2.05, 4.69) is 84.9 Å². The lowest BCUT2D eigenvalue weighted by atomic mass is 9.78. The van der Waals surface area contributed by atoms with Crippen LogP contribution in [-0.4, -0.2) is 80.0 Å². The second-order valence-electron chi connectivity index (χ2n) is 16.1. The molecule has 1 aromatic heterocycles. The quantitative estimate of drug-likeness (QED) is 0.196. The zero-order chi connectivity index (χ0) is 31.0. The first-order valence-electron chi connectivity index (χ1n) is 16.1. The second kappa shape index (κ2) is 15.0. The van der Waals surface area contributed by atoms with Crippen molar-refractivity contribution in [1.29, 1.82) is 0 Å². The molecule has 242 valence electrons. The van der Waals surface area contributed by atoms with Gasteiger partial charge in [-0.15, -0.1) is 0 Å². The average Bonchev–Trinajstić information content (AvgIpc) is 2.80. The lowest BCUT2D eigenvalue weighted by molar-refractivity contribution is -0.111. The minimum Gasteiger partial charge on any atom is -0.491 e. The first-order chi connectivity index (χ1) is 19.5. The number of pyridine rings is 1. The van der Waals surface area contributed by atoms with Gasteiger partial charge in [-0.05, 0) is 83.6 Å². The Morgan fingerprint density at radius 2 is 1.45 bits per heavy atom. The molecule has 2 N–H and O–H groups in total. The van der Waals surface area contributed by atoms with Crippen LogP contribution in [0.1, 0.15) is 101 Å². The van der Waals surface area contributed by atoms with Crippen molar-refractivity contribution in [3.63, 3.8) is 0 Å². The van der Waals surface area contributed by atoms with Crippen LogP contribution < -0.4 is 20.1 Å². The van der Waals surface area contributed by atoms with Crippen LogP contribution in [-0.2, 0) is 14.2 Å². The average molecular weight is 592 g/mol. The third-order valence-electron chi connectivity index (χ3n) is 7.52. The van der Waals surface area contributed by atoms with Crippen molar-refractivity contribution in [2.45, 2.75) is 137 Å². The van der Waals surface area contributed by atoms with Gasteiger partial charge in [-0.1, -0.05) is 34.6 Å². The standard InChI is InChI=1S/C34H61N3O5/c1-31(2,3)23-41-26-11-12-30(35-21-26)42-29-17-25(18-29)37-34(9,10)22-33(7,8)24-38-15-16-40-28-19-27(20-28)39-14-13-36-32(4,5)6/h11-12,21,25,27-29,36-37H,13-20,22-24H2,1-10H3. The third kappa shape index (κ3) is 13.9. The Kier molecular flexibility index (Phi) is 12.5. The molecular formula is C34H61N3O5. The molecular weight excluding hydrogens is 530 g/mol. The fraction of sp³-hybridized carbons (Fsp3) is 0.853. The highest BCUT2D eigenvalue weighted by Crippen LogP contribution is 2.33. The van der Waals surface area contributed by atoms with E-state index in [0.717, 1.165) is 57.6 Å². The van der Waals surface area contributed by atoms with E-state index in [9.17, 15) is 0 Å². The van der Waals surface area contributed by atoms with Crippen LogP contribution in [0.4, 0.5) is 0 Å². The Labute approximate surface area is 256 Å². The fourth-order valence-corrected chi connectivity index (χ4v) is 5.69. The van der Waals surface area contributed by atoms with Crippen LogP contribution in [0.2, 0.25) is 0 Å². The summed E-state index contributed by atoms with van der Waals surface area (Å²) in [6.45, 7) is 26.4. The van der Waals surface area contributed by atoms with Crippen molar-refractivity contribution >= 4 is 0 Å². The number of nitrogens with zero attached hydrogens (tertiary/aromatic N) is 1. The molecule has 8 heteroatoms. The Balaban J connectivity index is 1.22. The first-order valence-corrected chi connectivity index (χ1v) is 16.1. The third-order valence-corrected chi connectivity index (χ3v) is 7.52. The normalized spacial score (nSPS) is 23.3. The summed E-state index contributed by atoms with van der Waals surface area (Å²) < 4.78 is 29.9. The van der Waals surface area contributed by atoms with Gasteiger partial charge < -0.3 is 34.3 Å². The van der Waals surface area contributed by atoms with Gasteiger partial charge >= 0.3 is 0 Å².